The molecule has 0 aliphatic heterocycles. The molecule has 0 saturated carbocycles. The first-order valence-electron chi connectivity index (χ1n) is 6.70. The third-order valence-electron chi connectivity index (χ3n) is 3.20. The number of nitrogens with one attached hydrogen (secondary N) is 1. The molecule has 19 heavy (non-hydrogen) atoms. The molecule has 102 valence electrons. The average molecular weight is 261 g/mol. The van der Waals surface area contributed by atoms with E-state index in [9.17, 15) is 4.39 Å². The standard InChI is InChI=1S/C15H20FN3/c1-4-13-9-14(5-2)19(18-13)15-7-6-12(16)8-11(15)10-17-3/h6-9,17H,4-5,10H2,1-3H3. The predicted molar refractivity (Wildman–Crippen MR) is 75.0 cm³/mol. The molecule has 0 bridgehead atoms. The number of hydrogen-bond donors (Lipinski definition) is 1. The van der Waals surface area contributed by atoms with Gasteiger partial charge in [0.05, 0.1) is 11.4 Å². The van der Waals surface area contributed by atoms with E-state index in [1.54, 1.807) is 12.1 Å². The SMILES string of the molecule is CCc1cc(CC)n(-c2ccc(F)cc2CNC)n1. The summed E-state index contributed by atoms with van der Waals surface area (Å²) in [6.45, 7) is 4.82. The minimum atomic E-state index is -0.213. The van der Waals surface area contributed by atoms with Gasteiger partial charge in [0.25, 0.3) is 0 Å². The van der Waals surface area contributed by atoms with E-state index >= 15 is 0 Å². The first-order chi connectivity index (χ1) is 9.19. The fourth-order valence-corrected chi connectivity index (χ4v) is 2.20. The van der Waals surface area contributed by atoms with Crippen molar-refractivity contribution in [3.8, 4) is 5.69 Å². The number of halogens is 1. The van der Waals surface area contributed by atoms with Gasteiger partial charge in [0.15, 0.2) is 0 Å². The third-order valence-corrected chi connectivity index (χ3v) is 3.20. The molecule has 1 aromatic heterocycles. The summed E-state index contributed by atoms with van der Waals surface area (Å²) >= 11 is 0. The number of aryl methyl sites for hydroxylation is 2. The lowest BCUT2D eigenvalue weighted by atomic mass is 10.1. The molecule has 1 aromatic carbocycles. The summed E-state index contributed by atoms with van der Waals surface area (Å²) in [6.07, 6.45) is 1.81. The molecule has 0 saturated heterocycles. The van der Waals surface area contributed by atoms with Crippen LogP contribution in [-0.4, -0.2) is 16.8 Å². The summed E-state index contributed by atoms with van der Waals surface area (Å²) in [5.74, 6) is -0.213. The van der Waals surface area contributed by atoms with Gasteiger partial charge in [0, 0.05) is 12.2 Å². The quantitative estimate of drug-likeness (QED) is 0.897. The Hall–Kier alpha value is -1.68. The van der Waals surface area contributed by atoms with Crippen molar-refractivity contribution >= 4 is 0 Å². The van der Waals surface area contributed by atoms with Gasteiger partial charge < -0.3 is 5.32 Å². The van der Waals surface area contributed by atoms with Crippen molar-refractivity contribution in [1.29, 1.82) is 0 Å². The Morgan fingerprint density at radius 1 is 1.21 bits per heavy atom. The van der Waals surface area contributed by atoms with Crippen LogP contribution in [0.2, 0.25) is 0 Å². The van der Waals surface area contributed by atoms with Crippen molar-refractivity contribution in [2.45, 2.75) is 33.2 Å². The molecule has 0 spiro atoms. The van der Waals surface area contributed by atoms with Crippen molar-refractivity contribution in [3.63, 3.8) is 0 Å². The van der Waals surface area contributed by atoms with E-state index in [0.29, 0.717) is 6.54 Å². The Bertz CT molecular complexity index is 561. The highest BCUT2D eigenvalue weighted by molar-refractivity contribution is 5.42. The molecule has 0 amide bonds. The van der Waals surface area contributed by atoms with Crippen molar-refractivity contribution < 1.29 is 4.39 Å². The van der Waals surface area contributed by atoms with Crippen LogP contribution in [-0.2, 0) is 19.4 Å². The maximum absolute atomic E-state index is 13.4. The highest BCUT2D eigenvalue weighted by atomic mass is 19.1. The summed E-state index contributed by atoms with van der Waals surface area (Å²) in [5, 5.41) is 7.68. The summed E-state index contributed by atoms with van der Waals surface area (Å²) in [7, 11) is 1.86. The molecular formula is C15H20FN3. The average Bonchev–Trinajstić information content (AvgIpc) is 2.82. The maximum atomic E-state index is 13.4. The van der Waals surface area contributed by atoms with Gasteiger partial charge >= 0.3 is 0 Å². The Labute approximate surface area is 113 Å². The number of aromatic nitrogens is 2. The molecule has 3 nitrogen and oxygen atoms in total. The second kappa shape index (κ2) is 5.97. The van der Waals surface area contributed by atoms with Gasteiger partial charge in [-0.15, -0.1) is 0 Å². The Kier molecular flexibility index (Phi) is 4.32. The fourth-order valence-electron chi connectivity index (χ4n) is 2.20. The molecule has 2 aromatic rings. The molecule has 0 unspecified atom stereocenters. The van der Waals surface area contributed by atoms with Crippen LogP contribution in [0.4, 0.5) is 4.39 Å². The zero-order valence-corrected chi connectivity index (χ0v) is 11.7. The van der Waals surface area contributed by atoms with Crippen LogP contribution in [0.15, 0.2) is 24.3 Å². The van der Waals surface area contributed by atoms with Crippen LogP contribution in [0.5, 0.6) is 0 Å². The molecule has 0 aliphatic rings. The van der Waals surface area contributed by atoms with Crippen LogP contribution >= 0.6 is 0 Å². The van der Waals surface area contributed by atoms with Crippen molar-refractivity contribution in [2.75, 3.05) is 7.05 Å². The Balaban J connectivity index is 2.53. The van der Waals surface area contributed by atoms with E-state index < -0.39 is 0 Å². The summed E-state index contributed by atoms with van der Waals surface area (Å²) in [5.41, 5.74) is 4.09. The largest absolute Gasteiger partial charge is 0.316 e. The molecule has 0 fully saturated rings. The number of rotatable bonds is 5. The number of benzene rings is 1. The lowest BCUT2D eigenvalue weighted by Gasteiger charge is -2.12. The zero-order valence-electron chi connectivity index (χ0n) is 11.7. The van der Waals surface area contributed by atoms with E-state index in [1.165, 1.54) is 6.07 Å². The molecule has 1 heterocycles. The van der Waals surface area contributed by atoms with Gasteiger partial charge in [-0.25, -0.2) is 9.07 Å². The number of hydrogen-bond acceptors (Lipinski definition) is 2. The first kappa shape index (κ1) is 13.7. The van der Waals surface area contributed by atoms with E-state index in [0.717, 1.165) is 35.5 Å². The van der Waals surface area contributed by atoms with Gasteiger partial charge in [-0.2, -0.15) is 5.10 Å². The minimum Gasteiger partial charge on any atom is -0.316 e. The predicted octanol–water partition coefficient (Wildman–Crippen LogP) is 2.86. The van der Waals surface area contributed by atoms with Crippen molar-refractivity contribution in [2.24, 2.45) is 0 Å². The molecule has 2 rings (SSSR count). The molecule has 4 heteroatoms. The van der Waals surface area contributed by atoms with Crippen LogP contribution in [0.25, 0.3) is 5.69 Å². The molecule has 0 radical (unpaired) electrons. The molecule has 0 atom stereocenters. The second-order valence-corrected chi connectivity index (χ2v) is 4.55. The lowest BCUT2D eigenvalue weighted by Crippen LogP contribution is -2.11. The monoisotopic (exact) mass is 261 g/mol. The molecule has 1 N–H and O–H groups in total. The highest BCUT2D eigenvalue weighted by Crippen LogP contribution is 2.19. The van der Waals surface area contributed by atoms with Crippen molar-refractivity contribution in [3.05, 3.63) is 47.0 Å². The topological polar surface area (TPSA) is 29.9 Å². The highest BCUT2D eigenvalue weighted by Gasteiger charge is 2.11. The number of nitrogens with zero attached hydrogens (tertiary/aromatic N) is 2. The van der Waals surface area contributed by atoms with Gasteiger partial charge in [0.1, 0.15) is 5.82 Å². The maximum Gasteiger partial charge on any atom is 0.123 e. The molecule has 0 aliphatic carbocycles. The Morgan fingerprint density at radius 3 is 2.63 bits per heavy atom. The van der Waals surface area contributed by atoms with Gasteiger partial charge in [-0.05, 0) is 49.7 Å². The van der Waals surface area contributed by atoms with Gasteiger partial charge in [-0.1, -0.05) is 13.8 Å². The fraction of sp³-hybridized carbons (Fsp3) is 0.400. The van der Waals surface area contributed by atoms with E-state index in [4.69, 9.17) is 0 Å². The second-order valence-electron chi connectivity index (χ2n) is 4.55. The Morgan fingerprint density at radius 2 is 2.00 bits per heavy atom. The normalized spacial score (nSPS) is 10.9. The van der Waals surface area contributed by atoms with Crippen LogP contribution in [0, 0.1) is 5.82 Å². The molecular weight excluding hydrogens is 241 g/mol. The van der Waals surface area contributed by atoms with Crippen LogP contribution in [0.1, 0.15) is 30.8 Å². The van der Waals surface area contributed by atoms with Gasteiger partial charge in [-0.3, -0.25) is 0 Å². The van der Waals surface area contributed by atoms with E-state index in [1.807, 2.05) is 11.7 Å². The summed E-state index contributed by atoms with van der Waals surface area (Å²) < 4.78 is 15.3. The van der Waals surface area contributed by atoms with Gasteiger partial charge in [0.2, 0.25) is 0 Å². The van der Waals surface area contributed by atoms with E-state index in [2.05, 4.69) is 30.3 Å². The summed E-state index contributed by atoms with van der Waals surface area (Å²) in [6, 6.07) is 6.97. The zero-order chi connectivity index (χ0) is 13.8. The lowest BCUT2D eigenvalue weighted by molar-refractivity contribution is 0.621. The smallest absolute Gasteiger partial charge is 0.123 e. The van der Waals surface area contributed by atoms with E-state index in [-0.39, 0.29) is 5.82 Å². The van der Waals surface area contributed by atoms with Crippen LogP contribution < -0.4 is 5.32 Å². The van der Waals surface area contributed by atoms with Crippen LogP contribution in [0.3, 0.4) is 0 Å². The first-order valence-corrected chi connectivity index (χ1v) is 6.70. The summed E-state index contributed by atoms with van der Waals surface area (Å²) in [4.78, 5) is 0. The third kappa shape index (κ3) is 2.84. The van der Waals surface area contributed by atoms with Crippen molar-refractivity contribution in [1.82, 2.24) is 15.1 Å². The minimum absolute atomic E-state index is 0.213.